The van der Waals surface area contributed by atoms with Gasteiger partial charge in [-0.2, -0.15) is 4.57 Å². The first-order valence-corrected chi connectivity index (χ1v) is 5.21. The predicted octanol–water partition coefficient (Wildman–Crippen LogP) is 0.342. The Kier molecular flexibility index (Phi) is 3.17. The summed E-state index contributed by atoms with van der Waals surface area (Å²) in [5.41, 5.74) is 0.235. The summed E-state index contributed by atoms with van der Waals surface area (Å²) in [4.78, 5) is 10.8. The van der Waals surface area contributed by atoms with Crippen molar-refractivity contribution in [3.63, 3.8) is 0 Å². The minimum atomic E-state index is -0.953. The van der Waals surface area contributed by atoms with Crippen LogP contribution in [-0.2, 0) is 4.74 Å². The normalized spacial score (nSPS) is 24.6. The van der Waals surface area contributed by atoms with Crippen LogP contribution in [0.4, 0.5) is 0 Å². The van der Waals surface area contributed by atoms with E-state index in [0.717, 1.165) is 12.8 Å². The van der Waals surface area contributed by atoms with Gasteiger partial charge in [0.1, 0.15) is 5.56 Å². The van der Waals surface area contributed by atoms with Crippen molar-refractivity contribution in [2.24, 2.45) is 0 Å². The average Bonchev–Trinajstić information content (AvgIpc) is 2.77. The fraction of sp³-hybridized carbons (Fsp3) is 0.455. The van der Waals surface area contributed by atoms with Gasteiger partial charge in [0.2, 0.25) is 0 Å². The van der Waals surface area contributed by atoms with Gasteiger partial charge in [-0.05, 0) is 12.5 Å². The number of carboxylic acid groups (broad SMARTS) is 1. The van der Waals surface area contributed by atoms with E-state index in [1.807, 2.05) is 0 Å². The van der Waals surface area contributed by atoms with Crippen LogP contribution >= 0.6 is 0 Å². The molecule has 0 radical (unpaired) electrons. The summed E-state index contributed by atoms with van der Waals surface area (Å²) >= 11 is 0. The van der Waals surface area contributed by atoms with E-state index >= 15 is 0 Å². The minimum Gasteiger partial charge on any atom is -0.477 e. The van der Waals surface area contributed by atoms with Crippen molar-refractivity contribution in [3.05, 3.63) is 30.1 Å². The van der Waals surface area contributed by atoms with E-state index in [9.17, 15) is 4.79 Å². The smallest absolute Gasteiger partial charge is 0.341 e. The summed E-state index contributed by atoms with van der Waals surface area (Å²) < 4.78 is 7.29. The molecule has 86 valence electrons. The summed E-state index contributed by atoms with van der Waals surface area (Å²) in [5, 5.41) is 17.8. The summed E-state index contributed by atoms with van der Waals surface area (Å²) in [6, 6.07) is 3.22. The highest BCUT2D eigenvalue weighted by Gasteiger charge is 2.31. The second kappa shape index (κ2) is 4.59. The minimum absolute atomic E-state index is 0.00960. The zero-order chi connectivity index (χ0) is 11.5. The lowest BCUT2D eigenvalue weighted by Gasteiger charge is -2.07. The number of pyridine rings is 1. The Morgan fingerprint density at radius 2 is 2.38 bits per heavy atom. The number of carbonyl (C=O) groups is 1. The molecular formula is C11H14NO4+. The molecule has 0 spiro atoms. The first-order chi connectivity index (χ1) is 7.70. The third-order valence-corrected chi connectivity index (χ3v) is 2.69. The lowest BCUT2D eigenvalue weighted by molar-refractivity contribution is -0.759. The Balaban J connectivity index is 2.15. The largest absolute Gasteiger partial charge is 0.477 e. The maximum atomic E-state index is 10.8. The molecule has 0 bridgehead atoms. The summed E-state index contributed by atoms with van der Waals surface area (Å²) in [5.74, 6) is -0.953. The molecule has 1 aliphatic heterocycles. The van der Waals surface area contributed by atoms with Crippen LogP contribution < -0.4 is 4.57 Å². The van der Waals surface area contributed by atoms with E-state index in [1.165, 1.54) is 6.07 Å². The van der Waals surface area contributed by atoms with E-state index in [0.29, 0.717) is 0 Å². The van der Waals surface area contributed by atoms with Crippen molar-refractivity contribution in [3.8, 4) is 0 Å². The fourth-order valence-electron chi connectivity index (χ4n) is 1.84. The molecule has 2 heterocycles. The first-order valence-electron chi connectivity index (χ1n) is 5.21. The maximum Gasteiger partial charge on any atom is 0.341 e. The molecule has 2 N–H and O–H groups in total. The van der Waals surface area contributed by atoms with Crippen molar-refractivity contribution in [2.45, 2.75) is 25.2 Å². The Morgan fingerprint density at radius 1 is 1.56 bits per heavy atom. The van der Waals surface area contributed by atoms with Gasteiger partial charge >= 0.3 is 5.97 Å². The molecule has 2 atom stereocenters. The van der Waals surface area contributed by atoms with Crippen LogP contribution in [-0.4, -0.2) is 28.9 Å². The maximum absolute atomic E-state index is 10.8. The highest BCUT2D eigenvalue weighted by molar-refractivity contribution is 5.86. The number of aromatic nitrogens is 1. The van der Waals surface area contributed by atoms with Gasteiger partial charge in [0, 0.05) is 12.5 Å². The van der Waals surface area contributed by atoms with Crippen LogP contribution in [0.3, 0.4) is 0 Å². The molecule has 0 unspecified atom stereocenters. The molecule has 1 aromatic heterocycles. The van der Waals surface area contributed by atoms with Gasteiger partial charge in [-0.15, -0.1) is 0 Å². The van der Waals surface area contributed by atoms with Gasteiger partial charge in [0.25, 0.3) is 6.23 Å². The van der Waals surface area contributed by atoms with Gasteiger partial charge in [0.15, 0.2) is 12.4 Å². The Hall–Kier alpha value is -1.46. The molecule has 1 aliphatic rings. The predicted molar refractivity (Wildman–Crippen MR) is 53.8 cm³/mol. The molecule has 0 saturated carbocycles. The summed E-state index contributed by atoms with van der Waals surface area (Å²) in [6.07, 6.45) is 4.61. The Morgan fingerprint density at radius 3 is 3.00 bits per heavy atom. The van der Waals surface area contributed by atoms with Crippen LogP contribution in [0, 0.1) is 0 Å². The zero-order valence-corrected chi connectivity index (χ0v) is 8.74. The number of carboxylic acids is 1. The molecule has 0 aliphatic carbocycles. The highest BCUT2D eigenvalue weighted by Crippen LogP contribution is 2.23. The van der Waals surface area contributed by atoms with Crippen molar-refractivity contribution in [1.82, 2.24) is 0 Å². The number of aliphatic hydroxyl groups is 1. The number of aliphatic hydroxyl groups excluding tert-OH is 1. The zero-order valence-electron chi connectivity index (χ0n) is 8.74. The molecule has 5 nitrogen and oxygen atoms in total. The second-order valence-electron chi connectivity index (χ2n) is 3.82. The van der Waals surface area contributed by atoms with Gasteiger partial charge in [-0.3, -0.25) is 0 Å². The number of rotatable bonds is 3. The van der Waals surface area contributed by atoms with Gasteiger partial charge in [0.05, 0.1) is 12.7 Å². The molecule has 2 rings (SSSR count). The fourth-order valence-corrected chi connectivity index (χ4v) is 1.84. The molecule has 0 amide bonds. The van der Waals surface area contributed by atoms with Crippen molar-refractivity contribution in [1.29, 1.82) is 0 Å². The van der Waals surface area contributed by atoms with Gasteiger partial charge in [-0.25, -0.2) is 4.79 Å². The summed E-state index contributed by atoms with van der Waals surface area (Å²) in [7, 11) is 0. The molecule has 5 heteroatoms. The van der Waals surface area contributed by atoms with E-state index in [-0.39, 0.29) is 24.5 Å². The Labute approximate surface area is 92.9 Å². The van der Waals surface area contributed by atoms with Gasteiger partial charge in [-0.1, -0.05) is 0 Å². The van der Waals surface area contributed by atoms with Crippen LogP contribution in [0.5, 0.6) is 0 Å². The van der Waals surface area contributed by atoms with E-state index < -0.39 is 5.97 Å². The van der Waals surface area contributed by atoms with Crippen molar-refractivity contribution < 1.29 is 24.3 Å². The van der Waals surface area contributed by atoms with Crippen LogP contribution in [0.15, 0.2) is 24.5 Å². The molecule has 16 heavy (non-hydrogen) atoms. The standard InChI is InChI=1S/C11H13NO4/c13-7-9-3-4-10(16-9)12-5-1-2-8(6-12)11(14)15/h1-2,5-6,9-10,13H,3-4,7H2/p+1/t9-,10+/m0/s1. The second-order valence-corrected chi connectivity index (χ2v) is 3.82. The van der Waals surface area contributed by atoms with Crippen LogP contribution in [0.25, 0.3) is 0 Å². The molecule has 1 fully saturated rings. The third-order valence-electron chi connectivity index (χ3n) is 2.69. The van der Waals surface area contributed by atoms with Gasteiger partial charge < -0.3 is 14.9 Å². The number of aromatic carboxylic acids is 1. The SMILES string of the molecule is O=C(O)c1ccc[n+]([C@H]2CC[C@@H](CO)O2)c1. The molecule has 0 aromatic carbocycles. The van der Waals surface area contributed by atoms with E-state index in [2.05, 4.69) is 0 Å². The van der Waals surface area contributed by atoms with Crippen LogP contribution in [0.1, 0.15) is 29.4 Å². The lowest BCUT2D eigenvalue weighted by atomic mass is 10.2. The number of hydrogen-bond donors (Lipinski definition) is 2. The quantitative estimate of drug-likeness (QED) is 0.726. The lowest BCUT2D eigenvalue weighted by Crippen LogP contribution is -2.39. The van der Waals surface area contributed by atoms with E-state index in [4.69, 9.17) is 14.9 Å². The highest BCUT2D eigenvalue weighted by atomic mass is 16.5. The topological polar surface area (TPSA) is 70.6 Å². The Bertz CT molecular complexity index is 393. The number of hydrogen-bond acceptors (Lipinski definition) is 3. The molecular weight excluding hydrogens is 210 g/mol. The molecule has 1 saturated heterocycles. The number of nitrogens with zero attached hydrogens (tertiary/aromatic N) is 1. The van der Waals surface area contributed by atoms with E-state index in [1.54, 1.807) is 23.0 Å². The van der Waals surface area contributed by atoms with Crippen LogP contribution in [0.2, 0.25) is 0 Å². The number of ether oxygens (including phenoxy) is 1. The summed E-state index contributed by atoms with van der Waals surface area (Å²) in [6.45, 7) is 0.00960. The molecule has 1 aromatic rings. The average molecular weight is 224 g/mol. The van der Waals surface area contributed by atoms with Crippen molar-refractivity contribution >= 4 is 5.97 Å². The first kappa shape index (κ1) is 11.0. The third kappa shape index (κ3) is 2.20. The monoisotopic (exact) mass is 224 g/mol. The van der Waals surface area contributed by atoms with Crippen molar-refractivity contribution in [2.75, 3.05) is 6.61 Å².